The highest BCUT2D eigenvalue weighted by Crippen LogP contribution is 2.18. The molecule has 1 rings (SSSR count). The number of nitrogens with zero attached hydrogens (tertiary/aromatic N) is 1. The van der Waals surface area contributed by atoms with E-state index in [2.05, 4.69) is 0 Å². The van der Waals surface area contributed by atoms with E-state index in [-0.39, 0.29) is 18.6 Å². The lowest BCUT2D eigenvalue weighted by molar-refractivity contribution is -0.156. The molecule has 0 aliphatic rings. The molecule has 7 heteroatoms. The predicted octanol–water partition coefficient (Wildman–Crippen LogP) is 4.52. The first-order valence-corrected chi connectivity index (χ1v) is 10.6. The molecule has 1 aromatic carbocycles. The van der Waals surface area contributed by atoms with Gasteiger partial charge in [-0.05, 0) is 54.0 Å². The van der Waals surface area contributed by atoms with Gasteiger partial charge in [-0.1, -0.05) is 30.3 Å². The molecule has 0 aliphatic heterocycles. The molecule has 31 heavy (non-hydrogen) atoms. The first-order valence-electron chi connectivity index (χ1n) is 10.6. The molecule has 0 bridgehead atoms. The molecular formula is C24H37NO6. The molecule has 0 saturated heterocycles. The maximum atomic E-state index is 13.0. The van der Waals surface area contributed by atoms with E-state index in [9.17, 15) is 14.4 Å². The van der Waals surface area contributed by atoms with Crippen LogP contribution in [0.4, 0.5) is 4.79 Å². The summed E-state index contributed by atoms with van der Waals surface area (Å²) >= 11 is 0. The lowest BCUT2D eigenvalue weighted by Gasteiger charge is -2.33. The summed E-state index contributed by atoms with van der Waals surface area (Å²) in [6.07, 6.45) is -1.37. The summed E-state index contributed by atoms with van der Waals surface area (Å²) < 4.78 is 16.6. The average Bonchev–Trinajstić information content (AvgIpc) is 2.63. The minimum Gasteiger partial charge on any atom is -0.460 e. The molecule has 0 heterocycles. The van der Waals surface area contributed by atoms with Gasteiger partial charge in [-0.25, -0.2) is 4.79 Å². The monoisotopic (exact) mass is 435 g/mol. The van der Waals surface area contributed by atoms with Gasteiger partial charge < -0.3 is 14.2 Å². The largest absolute Gasteiger partial charge is 0.460 e. The highest BCUT2D eigenvalue weighted by Gasteiger charge is 2.35. The first kappa shape index (κ1) is 26.6. The van der Waals surface area contributed by atoms with E-state index in [1.54, 1.807) is 48.5 Å². The summed E-state index contributed by atoms with van der Waals surface area (Å²) in [6, 6.07) is 8.65. The molecule has 0 aromatic heterocycles. The Hall–Kier alpha value is -2.41. The fourth-order valence-corrected chi connectivity index (χ4v) is 2.90. The van der Waals surface area contributed by atoms with E-state index in [0.717, 1.165) is 5.56 Å². The second-order valence-corrected chi connectivity index (χ2v) is 9.59. The summed E-state index contributed by atoms with van der Waals surface area (Å²) in [5.74, 6) is -0.753. The Morgan fingerprint density at radius 2 is 1.45 bits per heavy atom. The van der Waals surface area contributed by atoms with Gasteiger partial charge >= 0.3 is 12.1 Å². The third-order valence-electron chi connectivity index (χ3n) is 4.22. The Balaban J connectivity index is 2.90. The number of amides is 1. The standard InChI is InChI=1S/C24H37NO6/c1-17(29-16-18-12-10-9-11-13-18)21(25(8)22(28)31-24(5,6)7)19(26)14-15-20(27)30-23(2,3)4/h9-13,17,21H,14-16H2,1-8H3/t17-,21+/m1/s1. The van der Waals surface area contributed by atoms with Gasteiger partial charge in [0.1, 0.15) is 17.2 Å². The van der Waals surface area contributed by atoms with Crippen molar-refractivity contribution in [2.45, 2.75) is 91.3 Å². The highest BCUT2D eigenvalue weighted by molar-refractivity contribution is 5.90. The number of likely N-dealkylation sites (N-methyl/N-ethyl adjacent to an activating group) is 1. The van der Waals surface area contributed by atoms with Crippen molar-refractivity contribution in [2.24, 2.45) is 0 Å². The number of carbonyl (C=O) groups is 3. The van der Waals surface area contributed by atoms with Crippen LogP contribution in [0.2, 0.25) is 0 Å². The lowest BCUT2D eigenvalue weighted by Crippen LogP contribution is -2.51. The van der Waals surface area contributed by atoms with Crippen molar-refractivity contribution in [1.82, 2.24) is 4.90 Å². The summed E-state index contributed by atoms with van der Waals surface area (Å²) in [6.45, 7) is 12.6. The smallest absolute Gasteiger partial charge is 0.410 e. The van der Waals surface area contributed by atoms with Gasteiger partial charge in [0.25, 0.3) is 0 Å². The minimum absolute atomic E-state index is 0.0637. The van der Waals surface area contributed by atoms with E-state index in [4.69, 9.17) is 14.2 Å². The fraction of sp³-hybridized carbons (Fsp3) is 0.625. The Labute approximate surface area is 186 Å². The van der Waals surface area contributed by atoms with Crippen molar-refractivity contribution >= 4 is 17.8 Å². The lowest BCUT2D eigenvalue weighted by atomic mass is 10.0. The van der Waals surface area contributed by atoms with E-state index in [1.807, 2.05) is 30.3 Å². The van der Waals surface area contributed by atoms with Crippen LogP contribution in [0.1, 0.15) is 66.9 Å². The van der Waals surface area contributed by atoms with Crippen LogP contribution in [0, 0.1) is 0 Å². The Kier molecular flexibility index (Phi) is 9.69. The molecule has 2 atom stereocenters. The Bertz CT molecular complexity index is 733. The third-order valence-corrected chi connectivity index (χ3v) is 4.22. The molecule has 1 amide bonds. The Morgan fingerprint density at radius 1 is 0.903 bits per heavy atom. The van der Waals surface area contributed by atoms with Gasteiger partial charge in [0.05, 0.1) is 19.1 Å². The molecule has 174 valence electrons. The minimum atomic E-state index is -0.902. The van der Waals surface area contributed by atoms with Crippen LogP contribution in [0.5, 0.6) is 0 Å². The number of benzene rings is 1. The molecule has 0 N–H and O–H groups in total. The van der Waals surface area contributed by atoms with E-state index >= 15 is 0 Å². The van der Waals surface area contributed by atoms with Crippen LogP contribution in [-0.2, 0) is 30.4 Å². The molecule has 0 aliphatic carbocycles. The maximum Gasteiger partial charge on any atom is 0.410 e. The van der Waals surface area contributed by atoms with Gasteiger partial charge in [-0.3, -0.25) is 14.5 Å². The normalized spacial score (nSPS) is 13.8. The summed E-state index contributed by atoms with van der Waals surface area (Å²) in [5.41, 5.74) is -0.378. The van der Waals surface area contributed by atoms with Crippen LogP contribution >= 0.6 is 0 Å². The number of ketones is 1. The molecule has 7 nitrogen and oxygen atoms in total. The third kappa shape index (κ3) is 10.4. The molecule has 0 unspecified atom stereocenters. The second-order valence-electron chi connectivity index (χ2n) is 9.59. The molecule has 1 aromatic rings. The molecule has 0 radical (unpaired) electrons. The number of rotatable bonds is 9. The van der Waals surface area contributed by atoms with E-state index in [0.29, 0.717) is 6.61 Å². The van der Waals surface area contributed by atoms with Crippen molar-refractivity contribution in [1.29, 1.82) is 0 Å². The maximum absolute atomic E-state index is 13.0. The highest BCUT2D eigenvalue weighted by atomic mass is 16.6. The van der Waals surface area contributed by atoms with Gasteiger partial charge in [0.2, 0.25) is 0 Å². The summed E-state index contributed by atoms with van der Waals surface area (Å²) in [4.78, 5) is 38.9. The van der Waals surface area contributed by atoms with Gasteiger partial charge in [0, 0.05) is 13.5 Å². The first-order chi connectivity index (χ1) is 14.2. The number of hydrogen-bond donors (Lipinski definition) is 0. The summed E-state index contributed by atoms with van der Waals surface area (Å²) in [7, 11) is 1.51. The Morgan fingerprint density at radius 3 is 1.97 bits per heavy atom. The number of esters is 1. The number of carbonyl (C=O) groups excluding carboxylic acids is 3. The topological polar surface area (TPSA) is 82.1 Å². The van der Waals surface area contributed by atoms with Crippen molar-refractivity contribution < 1.29 is 28.6 Å². The van der Waals surface area contributed by atoms with Crippen molar-refractivity contribution in [3.05, 3.63) is 35.9 Å². The van der Waals surface area contributed by atoms with Crippen LogP contribution in [0.15, 0.2) is 30.3 Å². The zero-order valence-corrected chi connectivity index (χ0v) is 20.1. The van der Waals surface area contributed by atoms with Crippen LogP contribution in [0.3, 0.4) is 0 Å². The number of hydrogen-bond acceptors (Lipinski definition) is 6. The van der Waals surface area contributed by atoms with E-state index < -0.39 is 35.4 Å². The fourth-order valence-electron chi connectivity index (χ4n) is 2.90. The van der Waals surface area contributed by atoms with Crippen LogP contribution in [-0.4, -0.2) is 53.1 Å². The average molecular weight is 436 g/mol. The van der Waals surface area contributed by atoms with E-state index in [1.165, 1.54) is 11.9 Å². The van der Waals surface area contributed by atoms with Crippen LogP contribution in [0.25, 0.3) is 0 Å². The SMILES string of the molecule is C[C@@H](OCc1ccccc1)[C@@H](C(=O)CCC(=O)OC(C)(C)C)N(C)C(=O)OC(C)(C)C. The van der Waals surface area contributed by atoms with Crippen molar-refractivity contribution in [2.75, 3.05) is 7.05 Å². The second kappa shape index (κ2) is 11.3. The molecule has 0 spiro atoms. The number of ether oxygens (including phenoxy) is 3. The van der Waals surface area contributed by atoms with Gasteiger partial charge in [-0.2, -0.15) is 0 Å². The van der Waals surface area contributed by atoms with Gasteiger partial charge in [-0.15, -0.1) is 0 Å². The zero-order valence-electron chi connectivity index (χ0n) is 20.1. The summed E-state index contributed by atoms with van der Waals surface area (Å²) in [5, 5.41) is 0. The number of Topliss-reactive ketones (excluding diaryl/α,β-unsaturated/α-hetero) is 1. The predicted molar refractivity (Wildman–Crippen MR) is 119 cm³/mol. The van der Waals surface area contributed by atoms with Crippen molar-refractivity contribution in [3.63, 3.8) is 0 Å². The van der Waals surface area contributed by atoms with Gasteiger partial charge in [0.15, 0.2) is 5.78 Å². The molecule has 0 saturated carbocycles. The zero-order chi connectivity index (χ0) is 23.8. The molecular weight excluding hydrogens is 398 g/mol. The molecule has 0 fully saturated rings. The van der Waals surface area contributed by atoms with Crippen molar-refractivity contribution in [3.8, 4) is 0 Å². The quantitative estimate of drug-likeness (QED) is 0.531. The van der Waals surface area contributed by atoms with Crippen LogP contribution < -0.4 is 0 Å².